The number of imide groups is 1. The standard InChI is InChI=1S/C17H14BrClN2O2/c1-17(12-5-7-14(19)8-6-12)15(22)21(16(23)20-17)10-11-3-2-4-13(18)9-11/h2-9H,10H2,1H3,(H,20,23). The van der Waals surface area contributed by atoms with Gasteiger partial charge in [-0.1, -0.05) is 51.8 Å². The average molecular weight is 394 g/mol. The molecule has 1 aliphatic heterocycles. The lowest BCUT2D eigenvalue weighted by atomic mass is 9.92. The van der Waals surface area contributed by atoms with Crippen LogP contribution in [0.15, 0.2) is 53.0 Å². The van der Waals surface area contributed by atoms with Crippen LogP contribution in [0.3, 0.4) is 0 Å². The zero-order valence-electron chi connectivity index (χ0n) is 12.3. The van der Waals surface area contributed by atoms with Gasteiger partial charge in [0, 0.05) is 9.50 Å². The number of hydrogen-bond donors (Lipinski definition) is 1. The molecule has 118 valence electrons. The van der Waals surface area contributed by atoms with Gasteiger partial charge in [-0.05, 0) is 42.3 Å². The molecular formula is C17H14BrClN2O2. The van der Waals surface area contributed by atoms with Crippen molar-refractivity contribution >= 4 is 39.5 Å². The molecule has 23 heavy (non-hydrogen) atoms. The Labute approximate surface area is 147 Å². The fourth-order valence-corrected chi connectivity index (χ4v) is 3.21. The van der Waals surface area contributed by atoms with E-state index in [0.717, 1.165) is 10.0 Å². The molecule has 1 saturated heterocycles. The molecule has 1 aliphatic rings. The molecule has 1 unspecified atom stereocenters. The number of carbonyl (C=O) groups excluding carboxylic acids is 2. The zero-order chi connectivity index (χ0) is 16.6. The molecule has 3 amide bonds. The Morgan fingerprint density at radius 1 is 1.17 bits per heavy atom. The van der Waals surface area contributed by atoms with Crippen molar-refractivity contribution in [1.82, 2.24) is 10.2 Å². The summed E-state index contributed by atoms with van der Waals surface area (Å²) in [7, 11) is 0. The van der Waals surface area contributed by atoms with Crippen molar-refractivity contribution in [2.45, 2.75) is 19.0 Å². The number of halogens is 2. The molecule has 0 aromatic heterocycles. The number of amides is 3. The molecule has 0 saturated carbocycles. The molecule has 1 N–H and O–H groups in total. The smallest absolute Gasteiger partial charge is 0.319 e. The molecule has 1 fully saturated rings. The molecule has 1 atom stereocenters. The monoisotopic (exact) mass is 392 g/mol. The van der Waals surface area contributed by atoms with Crippen LogP contribution in [0.5, 0.6) is 0 Å². The summed E-state index contributed by atoms with van der Waals surface area (Å²) in [5, 5.41) is 3.37. The van der Waals surface area contributed by atoms with E-state index in [1.807, 2.05) is 24.3 Å². The lowest BCUT2D eigenvalue weighted by Gasteiger charge is -2.22. The van der Waals surface area contributed by atoms with Crippen molar-refractivity contribution in [3.05, 3.63) is 69.2 Å². The van der Waals surface area contributed by atoms with Crippen molar-refractivity contribution in [3.63, 3.8) is 0 Å². The van der Waals surface area contributed by atoms with Crippen LogP contribution in [0.1, 0.15) is 18.1 Å². The van der Waals surface area contributed by atoms with Gasteiger partial charge in [0.15, 0.2) is 0 Å². The molecule has 6 heteroatoms. The van der Waals surface area contributed by atoms with Crippen molar-refractivity contribution in [1.29, 1.82) is 0 Å². The summed E-state index contributed by atoms with van der Waals surface area (Å²) in [6.45, 7) is 1.94. The largest absolute Gasteiger partial charge is 0.325 e. The van der Waals surface area contributed by atoms with Gasteiger partial charge in [0.1, 0.15) is 5.54 Å². The highest BCUT2D eigenvalue weighted by Crippen LogP contribution is 2.30. The second-order valence-corrected chi connectivity index (χ2v) is 6.94. The van der Waals surface area contributed by atoms with E-state index < -0.39 is 11.6 Å². The number of nitrogens with one attached hydrogen (secondary N) is 1. The minimum Gasteiger partial charge on any atom is -0.319 e. The Hall–Kier alpha value is -1.85. The van der Waals surface area contributed by atoms with Crippen LogP contribution in [0.2, 0.25) is 5.02 Å². The molecule has 0 bridgehead atoms. The van der Waals surface area contributed by atoms with Crippen LogP contribution in [-0.2, 0) is 16.9 Å². The molecule has 3 rings (SSSR count). The van der Waals surface area contributed by atoms with Gasteiger partial charge in [-0.25, -0.2) is 4.79 Å². The quantitative estimate of drug-likeness (QED) is 0.799. The molecule has 4 nitrogen and oxygen atoms in total. The van der Waals surface area contributed by atoms with E-state index >= 15 is 0 Å². The summed E-state index contributed by atoms with van der Waals surface area (Å²) >= 11 is 9.28. The van der Waals surface area contributed by atoms with Crippen LogP contribution < -0.4 is 5.32 Å². The fraction of sp³-hybridized carbons (Fsp3) is 0.176. The van der Waals surface area contributed by atoms with Gasteiger partial charge < -0.3 is 5.32 Å². The summed E-state index contributed by atoms with van der Waals surface area (Å²) in [6.07, 6.45) is 0. The molecule has 2 aromatic carbocycles. The highest BCUT2D eigenvalue weighted by molar-refractivity contribution is 9.10. The van der Waals surface area contributed by atoms with Gasteiger partial charge >= 0.3 is 6.03 Å². The normalized spacial score (nSPS) is 20.7. The lowest BCUT2D eigenvalue weighted by molar-refractivity contribution is -0.131. The fourth-order valence-electron chi connectivity index (χ4n) is 2.64. The minimum atomic E-state index is -1.08. The van der Waals surface area contributed by atoms with Crippen LogP contribution in [0.4, 0.5) is 4.79 Å². The summed E-state index contributed by atoms with van der Waals surface area (Å²) in [4.78, 5) is 26.3. The molecule has 0 aliphatic carbocycles. The third-order valence-corrected chi connectivity index (χ3v) is 4.67. The molecule has 0 spiro atoms. The number of benzene rings is 2. The van der Waals surface area contributed by atoms with E-state index in [0.29, 0.717) is 10.6 Å². The number of rotatable bonds is 3. The average Bonchev–Trinajstić information content (AvgIpc) is 2.72. The van der Waals surface area contributed by atoms with Crippen LogP contribution in [0, 0.1) is 0 Å². The van der Waals surface area contributed by atoms with Crippen molar-refractivity contribution in [2.24, 2.45) is 0 Å². The summed E-state index contributed by atoms with van der Waals surface area (Å²) in [5.74, 6) is -0.273. The Morgan fingerprint density at radius 2 is 1.87 bits per heavy atom. The Kier molecular flexibility index (Phi) is 4.17. The van der Waals surface area contributed by atoms with Gasteiger partial charge in [0.2, 0.25) is 0 Å². The van der Waals surface area contributed by atoms with E-state index in [2.05, 4.69) is 21.2 Å². The van der Waals surface area contributed by atoms with Crippen molar-refractivity contribution in [2.75, 3.05) is 0 Å². The Bertz CT molecular complexity index is 778. The van der Waals surface area contributed by atoms with Crippen LogP contribution in [0.25, 0.3) is 0 Å². The van der Waals surface area contributed by atoms with Crippen LogP contribution >= 0.6 is 27.5 Å². The predicted octanol–water partition coefficient (Wildman–Crippen LogP) is 4.07. The van der Waals surface area contributed by atoms with Crippen molar-refractivity contribution < 1.29 is 9.59 Å². The molecule has 1 heterocycles. The topological polar surface area (TPSA) is 49.4 Å². The van der Waals surface area contributed by atoms with E-state index in [1.165, 1.54) is 4.90 Å². The highest BCUT2D eigenvalue weighted by Gasteiger charge is 2.48. The summed E-state index contributed by atoms with van der Waals surface area (Å²) in [6, 6.07) is 14.1. The number of nitrogens with zero attached hydrogens (tertiary/aromatic N) is 1. The van der Waals surface area contributed by atoms with Gasteiger partial charge in [-0.3, -0.25) is 9.69 Å². The number of hydrogen-bond acceptors (Lipinski definition) is 2. The number of urea groups is 1. The molecule has 2 aromatic rings. The van der Waals surface area contributed by atoms with E-state index in [1.54, 1.807) is 31.2 Å². The SMILES string of the molecule is CC1(c2ccc(Cl)cc2)NC(=O)N(Cc2cccc(Br)c2)C1=O. The third kappa shape index (κ3) is 2.99. The molecular weight excluding hydrogens is 380 g/mol. The number of carbonyl (C=O) groups is 2. The van der Waals surface area contributed by atoms with Crippen molar-refractivity contribution in [3.8, 4) is 0 Å². The first kappa shape index (κ1) is 16.0. The van der Waals surface area contributed by atoms with E-state index in [4.69, 9.17) is 11.6 Å². The maximum absolute atomic E-state index is 12.8. The zero-order valence-corrected chi connectivity index (χ0v) is 14.7. The maximum Gasteiger partial charge on any atom is 0.325 e. The van der Waals surface area contributed by atoms with Gasteiger partial charge in [-0.15, -0.1) is 0 Å². The first-order valence-corrected chi connectivity index (χ1v) is 8.22. The van der Waals surface area contributed by atoms with E-state index in [9.17, 15) is 9.59 Å². The van der Waals surface area contributed by atoms with Gasteiger partial charge in [0.05, 0.1) is 6.54 Å². The third-order valence-electron chi connectivity index (χ3n) is 3.93. The van der Waals surface area contributed by atoms with E-state index in [-0.39, 0.29) is 12.5 Å². The van der Waals surface area contributed by atoms with Gasteiger partial charge in [-0.2, -0.15) is 0 Å². The second-order valence-electron chi connectivity index (χ2n) is 5.58. The Balaban J connectivity index is 1.89. The first-order chi connectivity index (χ1) is 10.9. The molecule has 0 radical (unpaired) electrons. The Morgan fingerprint density at radius 3 is 2.52 bits per heavy atom. The minimum absolute atomic E-state index is 0.229. The summed E-state index contributed by atoms with van der Waals surface area (Å²) < 4.78 is 0.905. The van der Waals surface area contributed by atoms with Gasteiger partial charge in [0.25, 0.3) is 5.91 Å². The predicted molar refractivity (Wildman–Crippen MR) is 92.0 cm³/mol. The first-order valence-electron chi connectivity index (χ1n) is 7.05. The second kappa shape index (κ2) is 5.98. The highest BCUT2D eigenvalue weighted by atomic mass is 79.9. The maximum atomic E-state index is 12.8. The van der Waals surface area contributed by atoms with Crippen LogP contribution in [-0.4, -0.2) is 16.8 Å². The summed E-state index contributed by atoms with van der Waals surface area (Å²) in [5.41, 5.74) is 0.508. The lowest BCUT2D eigenvalue weighted by Crippen LogP contribution is -2.40.